The maximum absolute atomic E-state index is 11.3. The minimum Gasteiger partial charge on any atom is -0.396 e. The second-order valence-corrected chi connectivity index (χ2v) is 5.16. The number of nitrogens with one attached hydrogen (secondary N) is 1. The summed E-state index contributed by atoms with van der Waals surface area (Å²) in [5.41, 5.74) is 1.39. The summed E-state index contributed by atoms with van der Waals surface area (Å²) < 4.78 is 24.9. The molecule has 0 bridgehead atoms. The highest BCUT2D eigenvalue weighted by molar-refractivity contribution is 7.92. The van der Waals surface area contributed by atoms with Gasteiger partial charge >= 0.3 is 0 Å². The smallest absolute Gasteiger partial charge is 0.234 e. The van der Waals surface area contributed by atoms with Crippen molar-refractivity contribution in [2.45, 2.75) is 6.42 Å². The van der Waals surface area contributed by atoms with Crippen molar-refractivity contribution in [3.8, 4) is 0 Å². The van der Waals surface area contributed by atoms with Gasteiger partial charge in [-0.05, 0) is 24.1 Å². The van der Waals surface area contributed by atoms with E-state index in [0.717, 1.165) is 5.56 Å². The molecule has 1 rings (SSSR count). The van der Waals surface area contributed by atoms with Crippen LogP contribution in [0.4, 0.5) is 5.69 Å². The molecule has 1 aromatic rings. The lowest BCUT2D eigenvalue weighted by atomic mass is 10.1. The highest BCUT2D eigenvalue weighted by atomic mass is 32.2. The average Bonchev–Trinajstić information content (AvgIpc) is 2.21. The molecule has 0 fully saturated rings. The van der Waals surface area contributed by atoms with Gasteiger partial charge < -0.3 is 10.2 Å². The van der Waals surface area contributed by atoms with Crippen LogP contribution < -0.4 is 4.72 Å². The van der Waals surface area contributed by atoms with Gasteiger partial charge in [-0.1, -0.05) is 12.1 Å². The second kappa shape index (κ2) is 5.83. The predicted octanol–water partition coefficient (Wildman–Crippen LogP) is -0.0446. The van der Waals surface area contributed by atoms with E-state index in [0.29, 0.717) is 12.1 Å². The summed E-state index contributed by atoms with van der Waals surface area (Å²) in [6, 6.07) is 6.74. The minimum absolute atomic E-state index is 0.0651. The highest BCUT2D eigenvalue weighted by Crippen LogP contribution is 2.11. The van der Waals surface area contributed by atoms with Crippen LogP contribution in [0, 0.1) is 0 Å². The van der Waals surface area contributed by atoms with E-state index >= 15 is 0 Å². The fourth-order valence-electron chi connectivity index (χ4n) is 1.22. The quantitative estimate of drug-likeness (QED) is 0.656. The van der Waals surface area contributed by atoms with Gasteiger partial charge in [0.15, 0.2) is 0 Å². The van der Waals surface area contributed by atoms with Gasteiger partial charge in [-0.25, -0.2) is 8.42 Å². The zero-order chi connectivity index (χ0) is 12.0. The monoisotopic (exact) mass is 245 g/mol. The van der Waals surface area contributed by atoms with Crippen LogP contribution in [0.5, 0.6) is 0 Å². The molecule has 0 aliphatic carbocycles. The first-order chi connectivity index (χ1) is 7.57. The number of sulfonamides is 1. The lowest BCUT2D eigenvalue weighted by molar-refractivity contribution is 0.299. The van der Waals surface area contributed by atoms with E-state index in [4.69, 9.17) is 10.2 Å². The van der Waals surface area contributed by atoms with Crippen molar-refractivity contribution in [2.24, 2.45) is 0 Å². The maximum Gasteiger partial charge on any atom is 0.234 e. The molecule has 3 N–H and O–H groups in total. The number of rotatable bonds is 6. The van der Waals surface area contributed by atoms with Crippen LogP contribution in [0.2, 0.25) is 0 Å². The lowest BCUT2D eigenvalue weighted by Crippen LogP contribution is -2.18. The third-order valence-electron chi connectivity index (χ3n) is 1.99. The number of hydrogen-bond donors (Lipinski definition) is 3. The van der Waals surface area contributed by atoms with Gasteiger partial charge in [-0.15, -0.1) is 0 Å². The Morgan fingerprint density at radius 3 is 2.19 bits per heavy atom. The van der Waals surface area contributed by atoms with Crippen molar-refractivity contribution in [2.75, 3.05) is 23.7 Å². The summed E-state index contributed by atoms with van der Waals surface area (Å²) >= 11 is 0. The van der Waals surface area contributed by atoms with Crippen LogP contribution in [-0.4, -0.2) is 37.6 Å². The fourth-order valence-corrected chi connectivity index (χ4v) is 2.06. The van der Waals surface area contributed by atoms with Crippen LogP contribution in [-0.2, 0) is 16.4 Å². The van der Waals surface area contributed by atoms with Gasteiger partial charge in [0.05, 0.1) is 12.4 Å². The fraction of sp³-hybridized carbons (Fsp3) is 0.400. The van der Waals surface area contributed by atoms with E-state index in [1.165, 1.54) is 0 Å². The largest absolute Gasteiger partial charge is 0.396 e. The van der Waals surface area contributed by atoms with E-state index in [-0.39, 0.29) is 12.4 Å². The summed E-state index contributed by atoms with van der Waals surface area (Å²) in [6.07, 6.45) is 0.545. The Morgan fingerprint density at radius 1 is 1.06 bits per heavy atom. The van der Waals surface area contributed by atoms with Crippen molar-refractivity contribution in [1.82, 2.24) is 0 Å². The molecule has 0 amide bonds. The molecular formula is C10H15NO4S. The molecule has 0 spiro atoms. The third-order valence-corrected chi connectivity index (χ3v) is 3.25. The van der Waals surface area contributed by atoms with Crippen molar-refractivity contribution in [3.05, 3.63) is 29.8 Å². The summed E-state index contributed by atoms with van der Waals surface area (Å²) in [5, 5.41) is 17.3. The van der Waals surface area contributed by atoms with Crippen LogP contribution in [0.3, 0.4) is 0 Å². The average molecular weight is 245 g/mol. The first kappa shape index (κ1) is 13.0. The molecule has 0 radical (unpaired) electrons. The van der Waals surface area contributed by atoms with Gasteiger partial charge in [0, 0.05) is 12.3 Å². The Morgan fingerprint density at radius 2 is 1.69 bits per heavy atom. The molecule has 0 saturated carbocycles. The van der Waals surface area contributed by atoms with Gasteiger partial charge in [-0.3, -0.25) is 4.72 Å². The molecule has 0 aromatic heterocycles. The molecule has 0 aliphatic heterocycles. The second-order valence-electron chi connectivity index (χ2n) is 3.32. The molecule has 0 heterocycles. The molecule has 6 heteroatoms. The molecule has 5 nitrogen and oxygen atoms in total. The maximum atomic E-state index is 11.3. The first-order valence-electron chi connectivity index (χ1n) is 4.88. The standard InChI is InChI=1S/C10H15NO4S/c12-6-5-9-1-3-10(4-2-9)11-16(14,15)8-7-13/h1-4,11-13H,5-8H2. The van der Waals surface area contributed by atoms with Gasteiger partial charge in [0.2, 0.25) is 10.0 Å². The van der Waals surface area contributed by atoms with E-state index in [2.05, 4.69) is 4.72 Å². The van der Waals surface area contributed by atoms with Crippen LogP contribution in [0.1, 0.15) is 5.56 Å². The van der Waals surface area contributed by atoms with Gasteiger partial charge in [0.25, 0.3) is 0 Å². The molecule has 0 saturated heterocycles. The Labute approximate surface area is 94.8 Å². The SMILES string of the molecule is O=S(=O)(CCO)Nc1ccc(CCO)cc1. The predicted molar refractivity (Wildman–Crippen MR) is 61.7 cm³/mol. The summed E-state index contributed by atoms with van der Waals surface area (Å²) in [7, 11) is -3.46. The molecular weight excluding hydrogens is 230 g/mol. The summed E-state index contributed by atoms with van der Waals surface area (Å²) in [5.74, 6) is -0.314. The van der Waals surface area contributed by atoms with E-state index in [1.54, 1.807) is 24.3 Å². The molecule has 0 atom stereocenters. The van der Waals surface area contributed by atoms with Crippen molar-refractivity contribution in [3.63, 3.8) is 0 Å². The third kappa shape index (κ3) is 4.18. The Kier molecular flexibility index (Phi) is 4.72. The zero-order valence-corrected chi connectivity index (χ0v) is 9.57. The van der Waals surface area contributed by atoms with Crippen LogP contribution in [0.15, 0.2) is 24.3 Å². The highest BCUT2D eigenvalue weighted by Gasteiger charge is 2.08. The lowest BCUT2D eigenvalue weighted by Gasteiger charge is -2.07. The Balaban J connectivity index is 2.68. The molecule has 0 aliphatic rings. The number of aliphatic hydroxyl groups excluding tert-OH is 2. The summed E-state index contributed by atoms with van der Waals surface area (Å²) in [6.45, 7) is -0.340. The van der Waals surface area contributed by atoms with Crippen LogP contribution >= 0.6 is 0 Å². The summed E-state index contributed by atoms with van der Waals surface area (Å²) in [4.78, 5) is 0. The van der Waals surface area contributed by atoms with Gasteiger partial charge in [0.1, 0.15) is 0 Å². The Bertz CT molecular complexity index is 413. The Hall–Kier alpha value is -1.11. The topological polar surface area (TPSA) is 86.6 Å². The zero-order valence-electron chi connectivity index (χ0n) is 8.76. The molecule has 90 valence electrons. The van der Waals surface area contributed by atoms with Crippen molar-refractivity contribution >= 4 is 15.7 Å². The van der Waals surface area contributed by atoms with Crippen LogP contribution in [0.25, 0.3) is 0 Å². The number of anilines is 1. The van der Waals surface area contributed by atoms with Crippen molar-refractivity contribution < 1.29 is 18.6 Å². The molecule has 0 unspecified atom stereocenters. The normalized spacial score (nSPS) is 11.4. The van der Waals surface area contributed by atoms with E-state index < -0.39 is 16.6 Å². The van der Waals surface area contributed by atoms with Gasteiger partial charge in [-0.2, -0.15) is 0 Å². The number of aliphatic hydroxyl groups is 2. The first-order valence-corrected chi connectivity index (χ1v) is 6.54. The van der Waals surface area contributed by atoms with E-state index in [1.807, 2.05) is 0 Å². The molecule has 16 heavy (non-hydrogen) atoms. The van der Waals surface area contributed by atoms with Crippen molar-refractivity contribution in [1.29, 1.82) is 0 Å². The number of benzene rings is 1. The molecule has 1 aromatic carbocycles. The number of hydrogen-bond acceptors (Lipinski definition) is 4. The minimum atomic E-state index is -3.46. The van der Waals surface area contributed by atoms with E-state index in [9.17, 15) is 8.42 Å².